The maximum absolute atomic E-state index is 12.1. The SMILES string of the molecule is COC(=O)c1sc2nc(C)nc(NCc3ccc(N4CCN(C)CC4)nc3)c2c1C. The van der Waals surface area contributed by atoms with Crippen molar-refractivity contribution >= 4 is 39.2 Å². The lowest BCUT2D eigenvalue weighted by atomic mass is 10.2. The zero-order chi connectivity index (χ0) is 21.3. The van der Waals surface area contributed by atoms with Crippen molar-refractivity contribution in [2.75, 3.05) is 50.6 Å². The maximum atomic E-state index is 12.1. The van der Waals surface area contributed by atoms with E-state index in [0.717, 1.165) is 59.2 Å². The number of aromatic nitrogens is 3. The van der Waals surface area contributed by atoms with E-state index in [0.29, 0.717) is 17.2 Å². The van der Waals surface area contributed by atoms with Crippen molar-refractivity contribution in [3.63, 3.8) is 0 Å². The highest BCUT2D eigenvalue weighted by atomic mass is 32.1. The van der Waals surface area contributed by atoms with E-state index < -0.39 is 0 Å². The van der Waals surface area contributed by atoms with Gasteiger partial charge in [0.25, 0.3) is 0 Å². The number of hydrogen-bond acceptors (Lipinski definition) is 9. The first kappa shape index (κ1) is 20.5. The zero-order valence-corrected chi connectivity index (χ0v) is 18.5. The Kier molecular flexibility index (Phi) is 5.83. The predicted molar refractivity (Wildman–Crippen MR) is 120 cm³/mol. The molecule has 0 bridgehead atoms. The summed E-state index contributed by atoms with van der Waals surface area (Å²) in [6, 6.07) is 4.17. The number of hydrogen-bond donors (Lipinski definition) is 1. The molecule has 158 valence electrons. The topological polar surface area (TPSA) is 83.5 Å². The molecule has 0 unspecified atom stereocenters. The molecule has 8 nitrogen and oxygen atoms in total. The molecule has 1 saturated heterocycles. The van der Waals surface area contributed by atoms with Gasteiger partial charge in [-0.15, -0.1) is 11.3 Å². The fourth-order valence-electron chi connectivity index (χ4n) is 3.59. The fourth-order valence-corrected chi connectivity index (χ4v) is 4.74. The van der Waals surface area contributed by atoms with E-state index in [1.807, 2.05) is 20.0 Å². The number of ether oxygens (including phenoxy) is 1. The summed E-state index contributed by atoms with van der Waals surface area (Å²) < 4.78 is 4.90. The summed E-state index contributed by atoms with van der Waals surface area (Å²) in [4.78, 5) is 31.8. The second-order valence-electron chi connectivity index (χ2n) is 7.52. The van der Waals surface area contributed by atoms with E-state index in [1.165, 1.54) is 18.4 Å². The Labute approximate surface area is 179 Å². The third-order valence-electron chi connectivity index (χ3n) is 5.37. The number of esters is 1. The van der Waals surface area contributed by atoms with E-state index in [9.17, 15) is 4.79 Å². The van der Waals surface area contributed by atoms with Gasteiger partial charge >= 0.3 is 5.97 Å². The molecule has 1 aliphatic heterocycles. The van der Waals surface area contributed by atoms with Crippen molar-refractivity contribution < 1.29 is 9.53 Å². The molecule has 4 rings (SSSR count). The van der Waals surface area contributed by atoms with Crippen LogP contribution in [0.25, 0.3) is 10.2 Å². The monoisotopic (exact) mass is 426 g/mol. The van der Waals surface area contributed by atoms with E-state index >= 15 is 0 Å². The molecule has 0 saturated carbocycles. The summed E-state index contributed by atoms with van der Waals surface area (Å²) in [6.45, 7) is 8.46. The summed E-state index contributed by atoms with van der Waals surface area (Å²) in [5.74, 6) is 2.06. The molecule has 0 spiro atoms. The van der Waals surface area contributed by atoms with Gasteiger partial charge in [-0.1, -0.05) is 6.07 Å². The number of likely N-dealkylation sites (N-methyl/N-ethyl adjacent to an activating group) is 1. The van der Waals surface area contributed by atoms with Gasteiger partial charge in [-0.05, 0) is 38.1 Å². The number of nitrogens with one attached hydrogen (secondary N) is 1. The van der Waals surface area contributed by atoms with Crippen LogP contribution in [0.5, 0.6) is 0 Å². The summed E-state index contributed by atoms with van der Waals surface area (Å²) in [6.07, 6.45) is 1.91. The average Bonchev–Trinajstić information content (AvgIpc) is 3.08. The minimum Gasteiger partial charge on any atom is -0.465 e. The summed E-state index contributed by atoms with van der Waals surface area (Å²) in [5.41, 5.74) is 1.91. The lowest BCUT2D eigenvalue weighted by molar-refractivity contribution is 0.0605. The van der Waals surface area contributed by atoms with Crippen molar-refractivity contribution in [1.29, 1.82) is 0 Å². The molecule has 0 radical (unpaired) electrons. The van der Waals surface area contributed by atoms with Crippen LogP contribution in [0.1, 0.15) is 26.6 Å². The van der Waals surface area contributed by atoms with Gasteiger partial charge in [0.1, 0.15) is 27.2 Å². The van der Waals surface area contributed by atoms with E-state index in [4.69, 9.17) is 4.74 Å². The number of nitrogens with zero attached hydrogens (tertiary/aromatic N) is 5. The second-order valence-corrected chi connectivity index (χ2v) is 8.51. The molecule has 9 heteroatoms. The Morgan fingerprint density at radius 3 is 2.63 bits per heavy atom. The highest BCUT2D eigenvalue weighted by Crippen LogP contribution is 2.34. The molecule has 0 aromatic carbocycles. The lowest BCUT2D eigenvalue weighted by Crippen LogP contribution is -2.44. The van der Waals surface area contributed by atoms with E-state index in [2.05, 4.69) is 49.2 Å². The molecule has 30 heavy (non-hydrogen) atoms. The van der Waals surface area contributed by atoms with Crippen molar-refractivity contribution in [3.8, 4) is 0 Å². The number of carbonyl (C=O) groups excluding carboxylic acids is 1. The molecule has 1 N–H and O–H groups in total. The molecular formula is C21H26N6O2S. The van der Waals surface area contributed by atoms with Gasteiger partial charge in [-0.3, -0.25) is 0 Å². The quantitative estimate of drug-likeness (QED) is 0.624. The largest absolute Gasteiger partial charge is 0.465 e. The van der Waals surface area contributed by atoms with Gasteiger partial charge < -0.3 is 19.9 Å². The first-order valence-corrected chi connectivity index (χ1v) is 10.8. The van der Waals surface area contributed by atoms with Gasteiger partial charge in [-0.25, -0.2) is 19.7 Å². The van der Waals surface area contributed by atoms with E-state index in [1.54, 1.807) is 0 Å². The number of thiophene rings is 1. The molecule has 4 heterocycles. The fraction of sp³-hybridized carbons (Fsp3) is 0.429. The minimum atomic E-state index is -0.345. The molecular weight excluding hydrogens is 400 g/mol. The Hall–Kier alpha value is -2.78. The molecule has 0 amide bonds. The van der Waals surface area contributed by atoms with Crippen LogP contribution in [-0.2, 0) is 11.3 Å². The number of pyridine rings is 1. The number of fused-ring (bicyclic) bond motifs is 1. The standard InChI is InChI=1S/C21H26N6O2S/c1-13-17-19(24-14(2)25-20(17)30-18(13)21(28)29-4)23-12-15-5-6-16(22-11-15)27-9-7-26(3)8-10-27/h5-6,11H,7-10,12H2,1-4H3,(H,23,24,25). The first-order valence-electron chi connectivity index (χ1n) is 9.94. The summed E-state index contributed by atoms with van der Waals surface area (Å²) in [5, 5.41) is 4.27. The Morgan fingerprint density at radius 1 is 1.20 bits per heavy atom. The van der Waals surface area contributed by atoms with Gasteiger partial charge in [0.2, 0.25) is 0 Å². The molecule has 0 atom stereocenters. The third-order valence-corrected chi connectivity index (χ3v) is 6.53. The Bertz CT molecular complexity index is 1060. The first-order chi connectivity index (χ1) is 14.5. The van der Waals surface area contributed by atoms with Crippen LogP contribution < -0.4 is 10.2 Å². The second kappa shape index (κ2) is 8.53. The van der Waals surface area contributed by atoms with Crippen LogP contribution in [-0.4, -0.2) is 66.2 Å². The van der Waals surface area contributed by atoms with Crippen molar-refractivity contribution in [3.05, 3.63) is 40.2 Å². The number of anilines is 2. The van der Waals surface area contributed by atoms with E-state index in [-0.39, 0.29) is 5.97 Å². The number of carbonyl (C=O) groups is 1. The van der Waals surface area contributed by atoms with Crippen molar-refractivity contribution in [2.24, 2.45) is 0 Å². The van der Waals surface area contributed by atoms with Crippen LogP contribution in [0.4, 0.5) is 11.6 Å². The number of methoxy groups -OCH3 is 1. The number of piperazine rings is 1. The van der Waals surface area contributed by atoms with Crippen LogP contribution in [0.15, 0.2) is 18.3 Å². The van der Waals surface area contributed by atoms with Gasteiger partial charge in [-0.2, -0.15) is 0 Å². The summed E-state index contributed by atoms with van der Waals surface area (Å²) in [7, 11) is 3.54. The normalized spacial score (nSPS) is 14.9. The Balaban J connectivity index is 1.52. The van der Waals surface area contributed by atoms with Gasteiger partial charge in [0.15, 0.2) is 0 Å². The average molecular weight is 427 g/mol. The lowest BCUT2D eigenvalue weighted by Gasteiger charge is -2.33. The molecule has 1 fully saturated rings. The molecule has 1 aliphatic rings. The predicted octanol–water partition coefficient (Wildman–Crippen LogP) is 2.85. The highest BCUT2D eigenvalue weighted by molar-refractivity contribution is 7.20. The minimum absolute atomic E-state index is 0.345. The van der Waals surface area contributed by atoms with Crippen LogP contribution in [0.3, 0.4) is 0 Å². The van der Waals surface area contributed by atoms with Crippen molar-refractivity contribution in [1.82, 2.24) is 19.9 Å². The number of rotatable bonds is 5. The maximum Gasteiger partial charge on any atom is 0.348 e. The van der Waals surface area contributed by atoms with Crippen LogP contribution in [0, 0.1) is 13.8 Å². The zero-order valence-electron chi connectivity index (χ0n) is 17.7. The summed E-state index contributed by atoms with van der Waals surface area (Å²) >= 11 is 1.34. The van der Waals surface area contributed by atoms with Crippen molar-refractivity contribution in [2.45, 2.75) is 20.4 Å². The van der Waals surface area contributed by atoms with Crippen LogP contribution >= 0.6 is 11.3 Å². The molecule has 3 aromatic heterocycles. The Morgan fingerprint density at radius 2 is 1.97 bits per heavy atom. The number of aryl methyl sites for hydroxylation is 2. The van der Waals surface area contributed by atoms with Gasteiger partial charge in [0, 0.05) is 38.9 Å². The smallest absolute Gasteiger partial charge is 0.348 e. The van der Waals surface area contributed by atoms with Crippen LogP contribution in [0.2, 0.25) is 0 Å². The molecule has 0 aliphatic carbocycles. The molecule has 3 aromatic rings. The highest BCUT2D eigenvalue weighted by Gasteiger charge is 2.20. The third kappa shape index (κ3) is 4.08. The van der Waals surface area contributed by atoms with Gasteiger partial charge in [0.05, 0.1) is 12.5 Å².